The summed E-state index contributed by atoms with van der Waals surface area (Å²) < 4.78 is 30.4. The van der Waals surface area contributed by atoms with Crippen molar-refractivity contribution in [2.75, 3.05) is 13.1 Å². The third-order valence-electron chi connectivity index (χ3n) is 6.15. The molecule has 1 aliphatic rings. The summed E-state index contributed by atoms with van der Waals surface area (Å²) in [7, 11) is -3.60. The minimum absolute atomic E-state index is 0.170. The van der Waals surface area contributed by atoms with E-state index >= 15 is 0 Å². The van der Waals surface area contributed by atoms with Crippen LogP contribution in [-0.2, 0) is 21.4 Å². The molecule has 1 fully saturated rings. The standard InChI is InChI=1S/C24H28ClN3O3S2/c1-4-28-21-10-5-18(16(2)3)15-22(21)32-24(28)26-23(29)17-11-13-27(14-12-17)33(30,31)20-8-6-19(25)7-9-20/h5-10,15-17H,4,11-14H2,1-3H3. The van der Waals surface area contributed by atoms with Crippen molar-refractivity contribution < 1.29 is 13.2 Å². The van der Waals surface area contributed by atoms with Crippen molar-refractivity contribution in [2.24, 2.45) is 10.9 Å². The van der Waals surface area contributed by atoms with Gasteiger partial charge in [0.25, 0.3) is 5.91 Å². The zero-order valence-electron chi connectivity index (χ0n) is 19.0. The molecule has 6 nitrogen and oxygen atoms in total. The molecule has 1 amide bonds. The van der Waals surface area contributed by atoms with Crippen molar-refractivity contribution in [3.05, 3.63) is 57.9 Å². The van der Waals surface area contributed by atoms with Crippen molar-refractivity contribution in [1.29, 1.82) is 0 Å². The summed E-state index contributed by atoms with van der Waals surface area (Å²) in [6.45, 7) is 7.70. The fourth-order valence-corrected chi connectivity index (χ4v) is 6.87. The number of rotatable bonds is 5. The Bertz CT molecular complexity index is 1330. The highest BCUT2D eigenvalue weighted by atomic mass is 35.5. The Morgan fingerprint density at radius 2 is 1.82 bits per heavy atom. The van der Waals surface area contributed by atoms with Crippen LogP contribution >= 0.6 is 22.9 Å². The van der Waals surface area contributed by atoms with Gasteiger partial charge in [-0.25, -0.2) is 8.42 Å². The zero-order chi connectivity index (χ0) is 23.8. The SMILES string of the molecule is CCn1c(=NC(=O)C2CCN(S(=O)(=O)c3ccc(Cl)cc3)CC2)sc2cc(C(C)C)ccc21. The molecule has 0 saturated carbocycles. The van der Waals surface area contributed by atoms with E-state index in [0.717, 1.165) is 16.8 Å². The van der Waals surface area contributed by atoms with Crippen LogP contribution in [0.15, 0.2) is 52.4 Å². The second kappa shape index (κ2) is 9.70. The largest absolute Gasteiger partial charge is 0.317 e. The van der Waals surface area contributed by atoms with Crippen LogP contribution in [0, 0.1) is 5.92 Å². The van der Waals surface area contributed by atoms with E-state index in [0.29, 0.717) is 41.7 Å². The van der Waals surface area contributed by atoms with Crippen LogP contribution in [0.25, 0.3) is 10.2 Å². The van der Waals surface area contributed by atoms with Crippen LogP contribution in [0.2, 0.25) is 5.02 Å². The van der Waals surface area contributed by atoms with Gasteiger partial charge in [0, 0.05) is 30.6 Å². The highest BCUT2D eigenvalue weighted by Gasteiger charge is 2.32. The number of carbonyl (C=O) groups is 1. The fraction of sp³-hybridized carbons (Fsp3) is 0.417. The maximum absolute atomic E-state index is 13.0. The predicted molar refractivity (Wildman–Crippen MR) is 133 cm³/mol. The Morgan fingerprint density at radius 1 is 1.15 bits per heavy atom. The second-order valence-corrected chi connectivity index (χ2v) is 12.0. The molecule has 0 N–H and O–H groups in total. The van der Waals surface area contributed by atoms with E-state index in [9.17, 15) is 13.2 Å². The number of fused-ring (bicyclic) bond motifs is 1. The van der Waals surface area contributed by atoms with Gasteiger partial charge in [-0.3, -0.25) is 4.79 Å². The number of hydrogen-bond acceptors (Lipinski definition) is 4. The monoisotopic (exact) mass is 505 g/mol. The molecule has 33 heavy (non-hydrogen) atoms. The predicted octanol–water partition coefficient (Wildman–Crippen LogP) is 5.03. The molecule has 1 aliphatic heterocycles. The summed E-state index contributed by atoms with van der Waals surface area (Å²) in [6.07, 6.45) is 0.924. The third kappa shape index (κ3) is 4.94. The summed E-state index contributed by atoms with van der Waals surface area (Å²) in [6, 6.07) is 12.6. The van der Waals surface area contributed by atoms with Crippen LogP contribution in [0.5, 0.6) is 0 Å². The molecule has 0 radical (unpaired) electrons. The Labute approximate surface area is 203 Å². The average Bonchev–Trinajstić information content (AvgIpc) is 3.15. The molecule has 0 atom stereocenters. The molecule has 176 valence electrons. The van der Waals surface area contributed by atoms with E-state index in [2.05, 4.69) is 41.6 Å². The molecule has 0 bridgehead atoms. The van der Waals surface area contributed by atoms with Gasteiger partial charge in [-0.1, -0.05) is 42.9 Å². The van der Waals surface area contributed by atoms with Gasteiger partial charge in [0.2, 0.25) is 10.0 Å². The number of thiazole rings is 1. The number of sulfonamides is 1. The van der Waals surface area contributed by atoms with E-state index in [1.165, 1.54) is 33.3 Å². The van der Waals surface area contributed by atoms with Gasteiger partial charge in [0.1, 0.15) is 0 Å². The number of carbonyl (C=O) groups excluding carboxylic acids is 1. The van der Waals surface area contributed by atoms with E-state index in [1.54, 1.807) is 12.1 Å². The van der Waals surface area contributed by atoms with E-state index in [1.807, 2.05) is 6.92 Å². The maximum Gasteiger partial charge on any atom is 0.251 e. The Balaban J connectivity index is 1.52. The first-order chi connectivity index (χ1) is 15.7. The average molecular weight is 506 g/mol. The van der Waals surface area contributed by atoms with Crippen LogP contribution in [0.1, 0.15) is 45.1 Å². The summed E-state index contributed by atoms with van der Waals surface area (Å²) in [5.74, 6) is -0.0114. The van der Waals surface area contributed by atoms with Gasteiger partial charge >= 0.3 is 0 Å². The molecular formula is C24H28ClN3O3S2. The quantitative estimate of drug-likeness (QED) is 0.488. The fourth-order valence-electron chi connectivity index (χ4n) is 4.12. The molecule has 0 aliphatic carbocycles. The van der Waals surface area contributed by atoms with Gasteiger partial charge in [-0.15, -0.1) is 0 Å². The lowest BCUT2D eigenvalue weighted by Crippen LogP contribution is -2.40. The molecule has 1 aromatic heterocycles. The maximum atomic E-state index is 13.0. The molecule has 2 aromatic carbocycles. The molecule has 2 heterocycles. The molecule has 0 spiro atoms. The smallest absolute Gasteiger partial charge is 0.251 e. The third-order valence-corrected chi connectivity index (χ3v) is 9.36. The molecule has 0 unspecified atom stereocenters. The Kier molecular flexibility index (Phi) is 7.09. The summed E-state index contributed by atoms with van der Waals surface area (Å²) in [4.78, 5) is 18.4. The zero-order valence-corrected chi connectivity index (χ0v) is 21.4. The minimum Gasteiger partial charge on any atom is -0.317 e. The highest BCUT2D eigenvalue weighted by Crippen LogP contribution is 2.26. The van der Waals surface area contributed by atoms with E-state index in [4.69, 9.17) is 11.6 Å². The number of aromatic nitrogens is 1. The van der Waals surface area contributed by atoms with Crippen molar-refractivity contribution in [1.82, 2.24) is 8.87 Å². The van der Waals surface area contributed by atoms with Crippen molar-refractivity contribution >= 4 is 49.1 Å². The number of nitrogens with zero attached hydrogens (tertiary/aromatic N) is 3. The minimum atomic E-state index is -3.60. The van der Waals surface area contributed by atoms with Crippen LogP contribution in [-0.4, -0.2) is 36.3 Å². The van der Waals surface area contributed by atoms with E-state index < -0.39 is 10.0 Å². The normalized spacial score (nSPS) is 16.7. The second-order valence-electron chi connectivity index (χ2n) is 8.59. The van der Waals surface area contributed by atoms with Crippen molar-refractivity contribution in [2.45, 2.75) is 51.0 Å². The van der Waals surface area contributed by atoms with Gasteiger partial charge < -0.3 is 4.57 Å². The van der Waals surface area contributed by atoms with Crippen molar-refractivity contribution in [3.8, 4) is 0 Å². The molecule has 4 rings (SSSR count). The van der Waals surface area contributed by atoms with Gasteiger partial charge in [-0.05, 0) is 67.6 Å². The number of amides is 1. The first-order valence-electron chi connectivity index (χ1n) is 11.2. The van der Waals surface area contributed by atoms with Crippen LogP contribution < -0.4 is 4.80 Å². The molecule has 9 heteroatoms. The number of hydrogen-bond donors (Lipinski definition) is 0. The van der Waals surface area contributed by atoms with Crippen molar-refractivity contribution in [3.63, 3.8) is 0 Å². The van der Waals surface area contributed by atoms with Crippen LogP contribution in [0.4, 0.5) is 0 Å². The number of piperidine rings is 1. The lowest BCUT2D eigenvalue weighted by atomic mass is 9.98. The summed E-state index contributed by atoms with van der Waals surface area (Å²) >= 11 is 7.41. The summed E-state index contributed by atoms with van der Waals surface area (Å²) in [5.41, 5.74) is 2.35. The van der Waals surface area contributed by atoms with Gasteiger partial charge in [-0.2, -0.15) is 9.30 Å². The van der Waals surface area contributed by atoms with Gasteiger partial charge in [0.15, 0.2) is 4.80 Å². The summed E-state index contributed by atoms with van der Waals surface area (Å²) in [5, 5.41) is 0.492. The number of aryl methyl sites for hydroxylation is 1. The van der Waals surface area contributed by atoms with Crippen LogP contribution in [0.3, 0.4) is 0 Å². The topological polar surface area (TPSA) is 71.7 Å². The number of halogens is 1. The molecular weight excluding hydrogens is 478 g/mol. The van der Waals surface area contributed by atoms with Gasteiger partial charge in [0.05, 0.1) is 15.1 Å². The Hall–Kier alpha value is -2.00. The Morgan fingerprint density at radius 3 is 2.42 bits per heavy atom. The lowest BCUT2D eigenvalue weighted by molar-refractivity contribution is -0.122. The molecule has 1 saturated heterocycles. The lowest BCUT2D eigenvalue weighted by Gasteiger charge is -2.29. The first kappa shape index (κ1) is 24.1. The van der Waals surface area contributed by atoms with E-state index in [-0.39, 0.29) is 16.7 Å². The molecule has 3 aromatic rings. The highest BCUT2D eigenvalue weighted by molar-refractivity contribution is 7.89. The first-order valence-corrected chi connectivity index (χ1v) is 13.8. The number of benzene rings is 2.